The van der Waals surface area contributed by atoms with Crippen molar-refractivity contribution in [1.82, 2.24) is 20.4 Å². The van der Waals surface area contributed by atoms with Gasteiger partial charge in [-0.05, 0) is 90.5 Å². The molecule has 156 valence electrons. The van der Waals surface area contributed by atoms with E-state index in [1.165, 1.54) is 84.0 Å². The van der Waals surface area contributed by atoms with Crippen LogP contribution < -0.4 is 10.6 Å². The van der Waals surface area contributed by atoms with Gasteiger partial charge in [0.25, 0.3) is 0 Å². The van der Waals surface area contributed by atoms with Crippen molar-refractivity contribution in [2.24, 2.45) is 10.4 Å². The molecule has 1 aliphatic carbocycles. The molecule has 0 aromatic rings. The van der Waals surface area contributed by atoms with Gasteiger partial charge < -0.3 is 15.5 Å². The second-order valence-electron chi connectivity index (χ2n) is 9.33. The molecule has 2 saturated heterocycles. The fraction of sp³-hybridized carbons (Fsp3) is 0.955. The van der Waals surface area contributed by atoms with Gasteiger partial charge in [-0.3, -0.25) is 9.89 Å². The molecule has 3 aliphatic rings. The van der Waals surface area contributed by atoms with Gasteiger partial charge in [-0.15, -0.1) is 0 Å². The minimum absolute atomic E-state index is 0.308. The highest BCUT2D eigenvalue weighted by molar-refractivity contribution is 5.79. The van der Waals surface area contributed by atoms with Crippen LogP contribution in [0.1, 0.15) is 71.6 Å². The summed E-state index contributed by atoms with van der Waals surface area (Å²) < 4.78 is 0. The summed E-state index contributed by atoms with van der Waals surface area (Å²) in [5.74, 6) is 1.03. The van der Waals surface area contributed by atoms with Crippen LogP contribution in [0.3, 0.4) is 0 Å². The summed E-state index contributed by atoms with van der Waals surface area (Å²) in [6.07, 6.45) is 12.0. The summed E-state index contributed by atoms with van der Waals surface area (Å²) in [6.45, 7) is 12.4. The molecule has 0 spiro atoms. The summed E-state index contributed by atoms with van der Waals surface area (Å²) in [7, 11) is 2.27. The van der Waals surface area contributed by atoms with Crippen LogP contribution in [0.4, 0.5) is 0 Å². The first kappa shape index (κ1) is 20.9. The van der Waals surface area contributed by atoms with E-state index >= 15 is 0 Å². The number of rotatable bonds is 7. The molecule has 0 atom stereocenters. The van der Waals surface area contributed by atoms with Crippen LogP contribution in [0, 0.1) is 5.41 Å². The molecule has 5 nitrogen and oxygen atoms in total. The Morgan fingerprint density at radius 1 is 0.889 bits per heavy atom. The average Bonchev–Trinajstić information content (AvgIpc) is 2.68. The quantitative estimate of drug-likeness (QED) is 0.529. The standard InChI is InChI=1S/C22H43N5/c1-4-21(10-9-11-21)18-24-20(23-5-2)25-19-22(12-16-26(3)17-13-22)27-14-7-6-8-15-27/h4-19H2,1-3H3,(H2,23,24,25). The summed E-state index contributed by atoms with van der Waals surface area (Å²) >= 11 is 0. The van der Waals surface area contributed by atoms with Crippen LogP contribution in [-0.2, 0) is 0 Å². The van der Waals surface area contributed by atoms with Crippen molar-refractivity contribution in [2.45, 2.75) is 77.2 Å². The third kappa shape index (κ3) is 5.17. The number of aliphatic imine (C=N–C) groups is 1. The molecule has 0 unspecified atom stereocenters. The lowest BCUT2D eigenvalue weighted by Crippen LogP contribution is -2.62. The first-order chi connectivity index (χ1) is 13.1. The molecule has 0 radical (unpaired) electrons. The minimum atomic E-state index is 0.308. The van der Waals surface area contributed by atoms with Gasteiger partial charge in [0.1, 0.15) is 0 Å². The van der Waals surface area contributed by atoms with Crippen LogP contribution in [0.25, 0.3) is 0 Å². The van der Waals surface area contributed by atoms with Gasteiger partial charge in [0.05, 0.1) is 0 Å². The number of nitrogens with zero attached hydrogens (tertiary/aromatic N) is 3. The zero-order valence-electron chi connectivity index (χ0n) is 18.2. The average molecular weight is 378 g/mol. The van der Waals surface area contributed by atoms with Gasteiger partial charge in [0.2, 0.25) is 0 Å². The molecule has 0 amide bonds. The molecule has 2 N–H and O–H groups in total. The van der Waals surface area contributed by atoms with Gasteiger partial charge in [-0.2, -0.15) is 0 Å². The Kier molecular flexibility index (Phi) is 7.43. The molecular formula is C22H43N5. The maximum atomic E-state index is 5.02. The van der Waals surface area contributed by atoms with E-state index in [2.05, 4.69) is 41.3 Å². The Hall–Kier alpha value is -0.810. The lowest BCUT2D eigenvalue weighted by Gasteiger charge is -2.50. The summed E-state index contributed by atoms with van der Waals surface area (Å²) in [5, 5.41) is 7.27. The third-order valence-electron chi connectivity index (χ3n) is 7.61. The largest absolute Gasteiger partial charge is 0.357 e. The van der Waals surface area contributed by atoms with Gasteiger partial charge in [0, 0.05) is 25.2 Å². The monoisotopic (exact) mass is 377 g/mol. The molecule has 2 heterocycles. The van der Waals surface area contributed by atoms with Crippen molar-refractivity contribution >= 4 is 5.96 Å². The van der Waals surface area contributed by atoms with E-state index in [4.69, 9.17) is 4.99 Å². The molecule has 27 heavy (non-hydrogen) atoms. The second kappa shape index (κ2) is 9.60. The Labute approximate surface area is 167 Å². The van der Waals surface area contributed by atoms with Gasteiger partial charge in [-0.25, -0.2) is 0 Å². The van der Waals surface area contributed by atoms with Crippen LogP contribution >= 0.6 is 0 Å². The molecule has 5 heteroatoms. The van der Waals surface area contributed by atoms with E-state index in [9.17, 15) is 0 Å². The smallest absolute Gasteiger partial charge is 0.191 e. The molecule has 1 saturated carbocycles. The van der Waals surface area contributed by atoms with Crippen LogP contribution in [0.15, 0.2) is 4.99 Å². The maximum absolute atomic E-state index is 5.02. The number of hydrogen-bond donors (Lipinski definition) is 2. The first-order valence-corrected chi connectivity index (χ1v) is 11.6. The van der Waals surface area contributed by atoms with E-state index in [1.54, 1.807) is 0 Å². The summed E-state index contributed by atoms with van der Waals surface area (Å²) in [4.78, 5) is 10.3. The lowest BCUT2D eigenvalue weighted by atomic mass is 9.67. The number of guanidine groups is 1. The number of hydrogen-bond acceptors (Lipinski definition) is 3. The lowest BCUT2D eigenvalue weighted by molar-refractivity contribution is 0.0173. The van der Waals surface area contributed by atoms with Gasteiger partial charge in [-0.1, -0.05) is 19.8 Å². The van der Waals surface area contributed by atoms with E-state index < -0.39 is 0 Å². The van der Waals surface area contributed by atoms with Crippen molar-refractivity contribution < 1.29 is 0 Å². The van der Waals surface area contributed by atoms with E-state index in [0.717, 1.165) is 25.6 Å². The SMILES string of the molecule is CCNC(=NCC1(CC)CCC1)NCC1(N2CCCCC2)CCN(C)CC1. The molecule has 3 fully saturated rings. The summed E-state index contributed by atoms with van der Waals surface area (Å²) in [5.41, 5.74) is 0.794. The van der Waals surface area contributed by atoms with Crippen LogP contribution in [0.5, 0.6) is 0 Å². The van der Waals surface area contributed by atoms with Crippen molar-refractivity contribution in [3.8, 4) is 0 Å². The molecule has 0 aromatic heterocycles. The fourth-order valence-electron chi connectivity index (χ4n) is 5.14. The van der Waals surface area contributed by atoms with Crippen molar-refractivity contribution in [1.29, 1.82) is 0 Å². The number of nitrogens with one attached hydrogen (secondary N) is 2. The van der Waals surface area contributed by atoms with Crippen molar-refractivity contribution in [3.05, 3.63) is 0 Å². The number of likely N-dealkylation sites (tertiary alicyclic amines) is 2. The zero-order valence-corrected chi connectivity index (χ0v) is 18.2. The van der Waals surface area contributed by atoms with Gasteiger partial charge in [0.15, 0.2) is 5.96 Å². The Bertz CT molecular complexity index is 466. The maximum Gasteiger partial charge on any atom is 0.191 e. The number of piperidine rings is 2. The summed E-state index contributed by atoms with van der Waals surface area (Å²) in [6, 6.07) is 0. The highest BCUT2D eigenvalue weighted by Gasteiger charge is 2.40. The first-order valence-electron chi connectivity index (χ1n) is 11.6. The normalized spacial score (nSPS) is 26.4. The molecule has 0 aromatic carbocycles. The fourth-order valence-corrected chi connectivity index (χ4v) is 5.14. The topological polar surface area (TPSA) is 42.9 Å². The minimum Gasteiger partial charge on any atom is -0.357 e. The Balaban J connectivity index is 1.64. The zero-order chi connectivity index (χ0) is 19.2. The van der Waals surface area contributed by atoms with Crippen LogP contribution in [0.2, 0.25) is 0 Å². The third-order valence-corrected chi connectivity index (χ3v) is 7.61. The van der Waals surface area contributed by atoms with E-state index in [-0.39, 0.29) is 0 Å². The predicted octanol–water partition coefficient (Wildman–Crippen LogP) is 3.07. The molecule has 0 bridgehead atoms. The van der Waals surface area contributed by atoms with E-state index in [0.29, 0.717) is 11.0 Å². The van der Waals surface area contributed by atoms with Crippen molar-refractivity contribution in [3.63, 3.8) is 0 Å². The van der Waals surface area contributed by atoms with Crippen molar-refractivity contribution in [2.75, 3.05) is 52.9 Å². The molecule has 2 aliphatic heterocycles. The highest BCUT2D eigenvalue weighted by Crippen LogP contribution is 2.43. The van der Waals surface area contributed by atoms with Gasteiger partial charge >= 0.3 is 0 Å². The molecule has 3 rings (SSSR count). The van der Waals surface area contributed by atoms with Crippen LogP contribution in [-0.4, -0.2) is 74.2 Å². The molecular weight excluding hydrogens is 334 g/mol. The Morgan fingerprint density at radius 2 is 1.59 bits per heavy atom. The Morgan fingerprint density at radius 3 is 2.15 bits per heavy atom. The highest BCUT2D eigenvalue weighted by atomic mass is 15.3. The predicted molar refractivity (Wildman–Crippen MR) is 115 cm³/mol. The van der Waals surface area contributed by atoms with E-state index in [1.807, 2.05) is 0 Å². The second-order valence-corrected chi connectivity index (χ2v) is 9.33.